The highest BCUT2D eigenvalue weighted by atomic mass is 32.2. The van der Waals surface area contributed by atoms with Gasteiger partial charge in [-0.25, -0.2) is 9.07 Å². The first kappa shape index (κ1) is 18.3. The number of para-hydroxylation sites is 1. The summed E-state index contributed by atoms with van der Waals surface area (Å²) in [5.74, 6) is 0.0299. The van der Waals surface area contributed by atoms with E-state index >= 15 is 0 Å². The van der Waals surface area contributed by atoms with Crippen molar-refractivity contribution in [3.63, 3.8) is 0 Å². The van der Waals surface area contributed by atoms with E-state index in [1.165, 1.54) is 12.1 Å². The van der Waals surface area contributed by atoms with E-state index in [1.807, 2.05) is 61.5 Å². The molecule has 1 unspecified atom stereocenters. The van der Waals surface area contributed by atoms with Crippen LogP contribution in [-0.2, 0) is 10.8 Å². The zero-order valence-corrected chi connectivity index (χ0v) is 16.1. The predicted octanol–water partition coefficient (Wildman–Crippen LogP) is 4.66. The van der Waals surface area contributed by atoms with Gasteiger partial charge in [-0.3, -0.25) is 4.21 Å². The average molecular weight is 391 g/mol. The first-order valence-electron chi connectivity index (χ1n) is 8.83. The van der Waals surface area contributed by atoms with Crippen molar-refractivity contribution >= 4 is 27.5 Å². The van der Waals surface area contributed by atoms with Gasteiger partial charge in [-0.1, -0.05) is 35.5 Å². The summed E-state index contributed by atoms with van der Waals surface area (Å²) in [5.41, 5.74) is 4.04. The standard InChI is InChI=1S/C22H18FN3OS/c1-16(15-28(27)19-7-3-2-4-8-19)22(17-11-13-18(23)14-12-17)26-21-10-6-5-9-20(21)24-25-26/h2-14H,15H2,1H3/b22-16+. The Morgan fingerprint density at radius 2 is 1.64 bits per heavy atom. The maximum Gasteiger partial charge on any atom is 0.123 e. The van der Waals surface area contributed by atoms with Crippen LogP contribution in [0.2, 0.25) is 0 Å². The molecule has 0 aliphatic carbocycles. The van der Waals surface area contributed by atoms with Crippen LogP contribution in [-0.4, -0.2) is 25.0 Å². The number of fused-ring (bicyclic) bond motifs is 1. The number of nitrogens with zero attached hydrogens (tertiary/aromatic N) is 3. The summed E-state index contributed by atoms with van der Waals surface area (Å²) >= 11 is 0. The lowest BCUT2D eigenvalue weighted by Crippen LogP contribution is -2.09. The largest absolute Gasteiger partial charge is 0.254 e. The molecule has 4 rings (SSSR count). The smallest absolute Gasteiger partial charge is 0.123 e. The molecular formula is C22H18FN3OS. The number of hydrogen-bond donors (Lipinski definition) is 0. The zero-order valence-electron chi connectivity index (χ0n) is 15.2. The lowest BCUT2D eigenvalue weighted by Gasteiger charge is -2.14. The zero-order chi connectivity index (χ0) is 19.5. The number of rotatable bonds is 5. The van der Waals surface area contributed by atoms with E-state index in [2.05, 4.69) is 10.3 Å². The molecule has 0 spiro atoms. The van der Waals surface area contributed by atoms with Crippen LogP contribution < -0.4 is 0 Å². The first-order valence-corrected chi connectivity index (χ1v) is 10.2. The second kappa shape index (κ2) is 7.86. The fraction of sp³-hybridized carbons (Fsp3) is 0.0909. The molecule has 0 aliphatic heterocycles. The lowest BCUT2D eigenvalue weighted by atomic mass is 10.1. The molecule has 28 heavy (non-hydrogen) atoms. The van der Waals surface area contributed by atoms with E-state index in [-0.39, 0.29) is 5.82 Å². The normalized spacial score (nSPS) is 13.4. The third-order valence-corrected chi connectivity index (χ3v) is 5.93. The molecule has 0 radical (unpaired) electrons. The third kappa shape index (κ3) is 3.64. The minimum atomic E-state index is -1.20. The van der Waals surface area contributed by atoms with Crippen LogP contribution in [0.3, 0.4) is 0 Å². The Kier molecular flexibility index (Phi) is 5.12. The van der Waals surface area contributed by atoms with Crippen molar-refractivity contribution in [1.82, 2.24) is 15.0 Å². The highest BCUT2D eigenvalue weighted by molar-refractivity contribution is 7.85. The number of halogens is 1. The van der Waals surface area contributed by atoms with Crippen LogP contribution in [0.1, 0.15) is 12.5 Å². The van der Waals surface area contributed by atoms with E-state index in [9.17, 15) is 8.60 Å². The van der Waals surface area contributed by atoms with Crippen LogP contribution in [0.4, 0.5) is 4.39 Å². The van der Waals surface area contributed by atoms with Gasteiger partial charge in [0.05, 0.1) is 27.8 Å². The fourth-order valence-corrected chi connectivity index (χ4v) is 4.27. The van der Waals surface area contributed by atoms with Crippen LogP contribution in [0, 0.1) is 5.82 Å². The molecule has 0 amide bonds. The molecule has 4 nitrogen and oxygen atoms in total. The Labute approximate surface area is 164 Å². The summed E-state index contributed by atoms with van der Waals surface area (Å²) < 4.78 is 28.1. The first-order chi connectivity index (χ1) is 13.6. The fourth-order valence-electron chi connectivity index (χ4n) is 3.11. The molecule has 0 fully saturated rings. The van der Waals surface area contributed by atoms with Crippen molar-refractivity contribution in [3.8, 4) is 0 Å². The van der Waals surface area contributed by atoms with Crippen LogP contribution in [0.15, 0.2) is 89.3 Å². The van der Waals surface area contributed by atoms with E-state index in [0.717, 1.165) is 32.8 Å². The van der Waals surface area contributed by atoms with Gasteiger partial charge >= 0.3 is 0 Å². The SMILES string of the molecule is C/C(CS(=O)c1ccccc1)=C(/c1ccc(F)cc1)n1nnc2ccccc21. The second-order valence-corrected chi connectivity index (χ2v) is 7.88. The average Bonchev–Trinajstić information content (AvgIpc) is 3.14. The molecule has 0 aliphatic rings. The van der Waals surface area contributed by atoms with Crippen molar-refractivity contribution in [3.05, 3.63) is 95.8 Å². The summed E-state index contributed by atoms with van der Waals surface area (Å²) in [5, 5.41) is 8.54. The summed E-state index contributed by atoms with van der Waals surface area (Å²) in [7, 11) is -1.20. The van der Waals surface area contributed by atoms with Gasteiger partial charge in [0.2, 0.25) is 0 Å². The molecule has 0 N–H and O–H groups in total. The highest BCUT2D eigenvalue weighted by Gasteiger charge is 2.16. The Morgan fingerprint density at radius 1 is 0.964 bits per heavy atom. The quantitative estimate of drug-likeness (QED) is 0.497. The Morgan fingerprint density at radius 3 is 2.39 bits per heavy atom. The van der Waals surface area contributed by atoms with Crippen molar-refractivity contribution in [1.29, 1.82) is 0 Å². The van der Waals surface area contributed by atoms with Gasteiger partial charge in [-0.05, 0) is 61.0 Å². The van der Waals surface area contributed by atoms with Crippen LogP contribution in [0.5, 0.6) is 0 Å². The van der Waals surface area contributed by atoms with Gasteiger partial charge in [-0.2, -0.15) is 0 Å². The number of hydrogen-bond acceptors (Lipinski definition) is 3. The molecule has 1 heterocycles. The molecular weight excluding hydrogens is 373 g/mol. The van der Waals surface area contributed by atoms with Gasteiger partial charge in [0.25, 0.3) is 0 Å². The molecule has 140 valence electrons. The summed E-state index contributed by atoms with van der Waals surface area (Å²) in [6, 6.07) is 23.2. The van der Waals surface area contributed by atoms with Crippen molar-refractivity contribution in [2.45, 2.75) is 11.8 Å². The summed E-state index contributed by atoms with van der Waals surface area (Å²) in [6.07, 6.45) is 0. The van der Waals surface area contributed by atoms with Crippen molar-refractivity contribution in [2.75, 3.05) is 5.75 Å². The second-order valence-electron chi connectivity index (χ2n) is 6.43. The molecule has 4 aromatic rings. The molecule has 1 atom stereocenters. The Balaban J connectivity index is 1.83. The molecule has 0 saturated carbocycles. The number of aromatic nitrogens is 3. The molecule has 1 aromatic heterocycles. The van der Waals surface area contributed by atoms with Gasteiger partial charge in [0, 0.05) is 10.5 Å². The molecule has 6 heteroatoms. The van der Waals surface area contributed by atoms with Gasteiger partial charge < -0.3 is 0 Å². The minimum absolute atomic E-state index is 0.308. The van der Waals surface area contributed by atoms with Gasteiger partial charge in [-0.15, -0.1) is 5.10 Å². The molecule has 3 aromatic carbocycles. The molecule has 0 bridgehead atoms. The lowest BCUT2D eigenvalue weighted by molar-refractivity contribution is 0.627. The molecule has 0 saturated heterocycles. The summed E-state index contributed by atoms with van der Waals surface area (Å²) in [4.78, 5) is 0.767. The highest BCUT2D eigenvalue weighted by Crippen LogP contribution is 2.26. The van der Waals surface area contributed by atoms with Crippen molar-refractivity contribution < 1.29 is 8.60 Å². The Bertz CT molecular complexity index is 1170. The maximum atomic E-state index is 13.5. The van der Waals surface area contributed by atoms with Crippen molar-refractivity contribution in [2.24, 2.45) is 0 Å². The maximum absolute atomic E-state index is 13.5. The monoisotopic (exact) mass is 391 g/mol. The Hall–Kier alpha value is -3.12. The van der Waals surface area contributed by atoms with Gasteiger partial charge in [0.1, 0.15) is 11.3 Å². The van der Waals surface area contributed by atoms with E-state index in [0.29, 0.717) is 5.75 Å². The summed E-state index contributed by atoms with van der Waals surface area (Å²) in [6.45, 7) is 1.93. The van der Waals surface area contributed by atoms with E-state index in [4.69, 9.17) is 0 Å². The van der Waals surface area contributed by atoms with E-state index < -0.39 is 10.8 Å². The third-order valence-electron chi connectivity index (χ3n) is 4.44. The van der Waals surface area contributed by atoms with Crippen LogP contribution in [0.25, 0.3) is 16.7 Å². The van der Waals surface area contributed by atoms with Gasteiger partial charge in [0.15, 0.2) is 0 Å². The van der Waals surface area contributed by atoms with E-state index in [1.54, 1.807) is 16.8 Å². The topological polar surface area (TPSA) is 47.8 Å². The van der Waals surface area contributed by atoms with Crippen LogP contribution >= 0.6 is 0 Å². The minimum Gasteiger partial charge on any atom is -0.254 e. The number of benzene rings is 3. The predicted molar refractivity (Wildman–Crippen MR) is 110 cm³/mol.